The fourth-order valence-corrected chi connectivity index (χ4v) is 6.27. The molecule has 2 aromatic rings. The van der Waals surface area contributed by atoms with Gasteiger partial charge in [0.1, 0.15) is 30.6 Å². The molecule has 1 heterocycles. The van der Waals surface area contributed by atoms with Crippen molar-refractivity contribution in [3.63, 3.8) is 0 Å². The van der Waals surface area contributed by atoms with Crippen molar-refractivity contribution in [3.05, 3.63) is 89.5 Å². The van der Waals surface area contributed by atoms with Crippen LogP contribution in [0.4, 0.5) is 0 Å². The largest absolute Gasteiger partial charge is 0.495 e. The fraction of sp³-hybridized carbons (Fsp3) is 0.488. The van der Waals surface area contributed by atoms with Crippen LogP contribution >= 0.6 is 11.6 Å². The molecule has 7 atom stereocenters. The number of aliphatic hydroxyl groups excluding tert-OH is 2. The minimum absolute atomic E-state index is 0.0245. The molecule has 14 heteroatoms. The van der Waals surface area contributed by atoms with Crippen molar-refractivity contribution >= 4 is 41.3 Å². The quantitative estimate of drug-likeness (QED) is 0.113. The van der Waals surface area contributed by atoms with Crippen molar-refractivity contribution in [2.75, 3.05) is 20.3 Å². The average molecular weight is 785 g/mol. The standard InChI is InChI=1S/C41H53ClN2O11/c1-6-20-53-36(46)17-10-14-29-24-43-39(49)31(23-27-18-19-33(52-5)30(42)22-27)44-35(45)16-11-15-32(54-41(51)34(21-25(2)3)55-40(29)50)26(4)37(47)38(48)28-12-8-7-9-13-28/h6-9,11-13,16,18-19,22,25-26,29,31-32,34,37-38,47-48H,1,10,14-15,17,20-21,23-24H2,2-5H3,(H,43,49)(H,44,45)/b16-11+/t26-,29+,31+,32-,34-,37+,38+/m0/s1. The van der Waals surface area contributed by atoms with Crippen LogP contribution in [0.1, 0.15) is 70.1 Å². The average Bonchev–Trinajstić information content (AvgIpc) is 3.16. The molecule has 1 aliphatic heterocycles. The van der Waals surface area contributed by atoms with Gasteiger partial charge in [0.05, 0.1) is 24.2 Å². The van der Waals surface area contributed by atoms with E-state index >= 15 is 0 Å². The van der Waals surface area contributed by atoms with Gasteiger partial charge in [0.15, 0.2) is 6.10 Å². The van der Waals surface area contributed by atoms with Gasteiger partial charge in [-0.05, 0) is 54.5 Å². The van der Waals surface area contributed by atoms with Gasteiger partial charge >= 0.3 is 17.9 Å². The predicted octanol–water partition coefficient (Wildman–Crippen LogP) is 4.57. The van der Waals surface area contributed by atoms with Gasteiger partial charge < -0.3 is 39.8 Å². The molecule has 0 bridgehead atoms. The summed E-state index contributed by atoms with van der Waals surface area (Å²) < 4.78 is 22.0. The smallest absolute Gasteiger partial charge is 0.347 e. The van der Waals surface area contributed by atoms with Crippen molar-refractivity contribution in [2.24, 2.45) is 17.8 Å². The number of aliphatic hydroxyl groups is 2. The molecular formula is C41H53ClN2O11. The molecule has 1 aliphatic rings. The van der Waals surface area contributed by atoms with Gasteiger partial charge in [-0.2, -0.15) is 0 Å². The second kappa shape index (κ2) is 22.6. The molecule has 13 nitrogen and oxygen atoms in total. The number of carbonyl (C=O) groups excluding carboxylic acids is 5. The Hall–Kier alpha value is -4.72. The molecular weight excluding hydrogens is 732 g/mol. The Morgan fingerprint density at radius 2 is 1.78 bits per heavy atom. The van der Waals surface area contributed by atoms with E-state index in [9.17, 15) is 34.2 Å². The maximum absolute atomic E-state index is 13.8. The highest BCUT2D eigenvalue weighted by molar-refractivity contribution is 6.32. The molecule has 2 aromatic carbocycles. The van der Waals surface area contributed by atoms with E-state index in [-0.39, 0.29) is 57.6 Å². The number of halogens is 1. The number of carbonyl (C=O) groups is 5. The summed E-state index contributed by atoms with van der Waals surface area (Å²) in [5.41, 5.74) is 1.06. The predicted molar refractivity (Wildman–Crippen MR) is 205 cm³/mol. The zero-order valence-corrected chi connectivity index (χ0v) is 32.5. The maximum atomic E-state index is 13.8. The summed E-state index contributed by atoms with van der Waals surface area (Å²) in [5.74, 6) is -4.99. The summed E-state index contributed by atoms with van der Waals surface area (Å²) in [6, 6.07) is 12.3. The number of nitrogens with one attached hydrogen (secondary N) is 2. The number of hydrogen-bond donors (Lipinski definition) is 4. The Morgan fingerprint density at radius 1 is 1.05 bits per heavy atom. The lowest BCUT2D eigenvalue weighted by Gasteiger charge is -2.31. The van der Waals surface area contributed by atoms with Crippen LogP contribution in [0.2, 0.25) is 5.02 Å². The van der Waals surface area contributed by atoms with Crippen LogP contribution in [-0.4, -0.2) is 84.6 Å². The molecule has 55 heavy (non-hydrogen) atoms. The van der Waals surface area contributed by atoms with Crippen LogP contribution in [-0.2, 0) is 44.6 Å². The van der Waals surface area contributed by atoms with Gasteiger partial charge in [-0.15, -0.1) is 0 Å². The second-order valence-electron chi connectivity index (χ2n) is 13.9. The molecule has 4 N–H and O–H groups in total. The van der Waals surface area contributed by atoms with Crippen LogP contribution in [0.15, 0.2) is 73.3 Å². The molecule has 2 amide bonds. The fourth-order valence-electron chi connectivity index (χ4n) is 5.99. The van der Waals surface area contributed by atoms with Gasteiger partial charge in [0, 0.05) is 31.7 Å². The summed E-state index contributed by atoms with van der Waals surface area (Å²) in [6.07, 6.45) is -0.789. The van der Waals surface area contributed by atoms with Crippen molar-refractivity contribution in [2.45, 2.75) is 89.8 Å². The van der Waals surface area contributed by atoms with E-state index in [4.69, 9.17) is 30.5 Å². The SMILES string of the molecule is C=CCOC(=O)CCC[C@@H]1CNC(=O)[C@@H](Cc2ccc(OC)c(Cl)c2)NC(=O)/C=C/C[C@@H]([C@H](C)[C@@H](O)[C@H](O)c2ccccc2)OC(=O)[C@H](CC(C)C)OC1=O. The zero-order chi connectivity index (χ0) is 40.5. The van der Waals surface area contributed by atoms with Crippen molar-refractivity contribution in [1.82, 2.24) is 10.6 Å². The third kappa shape index (κ3) is 14.5. The van der Waals surface area contributed by atoms with Crippen molar-refractivity contribution in [1.29, 1.82) is 0 Å². The number of benzene rings is 2. The topological polar surface area (TPSA) is 187 Å². The number of cyclic esters (lactones) is 2. The highest BCUT2D eigenvalue weighted by atomic mass is 35.5. The summed E-state index contributed by atoms with van der Waals surface area (Å²) in [4.78, 5) is 66.7. The van der Waals surface area contributed by atoms with Gasteiger partial charge in [-0.25, -0.2) is 4.79 Å². The number of hydrogen-bond acceptors (Lipinski definition) is 11. The van der Waals surface area contributed by atoms with Crippen LogP contribution < -0.4 is 15.4 Å². The molecule has 0 spiro atoms. The molecule has 0 radical (unpaired) electrons. The van der Waals surface area contributed by atoms with E-state index in [0.29, 0.717) is 21.9 Å². The van der Waals surface area contributed by atoms with Gasteiger partial charge in [-0.3, -0.25) is 19.2 Å². The molecule has 0 unspecified atom stereocenters. The third-order valence-electron chi connectivity index (χ3n) is 9.14. The van der Waals surface area contributed by atoms with E-state index in [1.807, 2.05) is 13.8 Å². The second-order valence-corrected chi connectivity index (χ2v) is 14.3. The van der Waals surface area contributed by atoms with E-state index in [1.54, 1.807) is 55.5 Å². The number of esters is 3. The maximum Gasteiger partial charge on any atom is 0.347 e. The zero-order valence-electron chi connectivity index (χ0n) is 31.8. The minimum atomic E-state index is -1.40. The lowest BCUT2D eigenvalue weighted by molar-refractivity contribution is -0.179. The van der Waals surface area contributed by atoms with Gasteiger partial charge in [-0.1, -0.05) is 87.5 Å². The summed E-state index contributed by atoms with van der Waals surface area (Å²) in [7, 11) is 1.47. The third-order valence-corrected chi connectivity index (χ3v) is 9.44. The van der Waals surface area contributed by atoms with E-state index < -0.39 is 72.0 Å². The lowest BCUT2D eigenvalue weighted by atomic mass is 9.89. The van der Waals surface area contributed by atoms with E-state index in [2.05, 4.69) is 17.2 Å². The van der Waals surface area contributed by atoms with Crippen LogP contribution in [0.3, 0.4) is 0 Å². The van der Waals surface area contributed by atoms with Crippen molar-refractivity contribution < 1.29 is 53.1 Å². The molecule has 3 rings (SSSR count). The number of methoxy groups -OCH3 is 1. The van der Waals surface area contributed by atoms with Crippen LogP contribution in [0.25, 0.3) is 0 Å². The lowest BCUT2D eigenvalue weighted by Crippen LogP contribution is -2.49. The molecule has 0 fully saturated rings. The highest BCUT2D eigenvalue weighted by Gasteiger charge is 2.36. The summed E-state index contributed by atoms with van der Waals surface area (Å²) in [5, 5.41) is 28.0. The van der Waals surface area contributed by atoms with Crippen molar-refractivity contribution in [3.8, 4) is 5.75 Å². The summed E-state index contributed by atoms with van der Waals surface area (Å²) in [6.45, 7) is 8.59. The first-order chi connectivity index (χ1) is 26.2. The Kier molecular flexibility index (Phi) is 18.4. The molecule has 0 saturated heterocycles. The monoisotopic (exact) mass is 784 g/mol. The Balaban J connectivity index is 1.98. The molecule has 0 saturated carbocycles. The van der Waals surface area contributed by atoms with Crippen LogP contribution in [0, 0.1) is 17.8 Å². The normalized spacial score (nSPS) is 22.3. The van der Waals surface area contributed by atoms with Gasteiger partial charge in [0.2, 0.25) is 11.8 Å². The Bertz CT molecular complexity index is 1630. The molecule has 300 valence electrons. The van der Waals surface area contributed by atoms with Crippen LogP contribution in [0.5, 0.6) is 5.75 Å². The van der Waals surface area contributed by atoms with Gasteiger partial charge in [0.25, 0.3) is 0 Å². The first kappa shape index (κ1) is 44.7. The van der Waals surface area contributed by atoms with E-state index in [0.717, 1.165) is 0 Å². The molecule has 0 aromatic heterocycles. The summed E-state index contributed by atoms with van der Waals surface area (Å²) >= 11 is 6.34. The number of amides is 2. The molecule has 0 aliphatic carbocycles. The Morgan fingerprint density at radius 3 is 2.44 bits per heavy atom. The number of rotatable bonds is 15. The highest BCUT2D eigenvalue weighted by Crippen LogP contribution is 2.28. The first-order valence-corrected chi connectivity index (χ1v) is 18.8. The number of ether oxygens (including phenoxy) is 4. The first-order valence-electron chi connectivity index (χ1n) is 18.4. The minimum Gasteiger partial charge on any atom is -0.495 e. The van der Waals surface area contributed by atoms with E-state index in [1.165, 1.54) is 25.3 Å². The Labute approximate surface area is 327 Å².